The monoisotopic (exact) mass is 279 g/mol. The van der Waals surface area contributed by atoms with Gasteiger partial charge in [-0.05, 0) is 24.1 Å². The molecule has 0 saturated carbocycles. The molecule has 2 rings (SSSR count). The number of hydrogen-bond acceptors (Lipinski definition) is 5. The molecule has 0 aliphatic rings. The number of rotatable bonds is 6. The second-order valence-electron chi connectivity index (χ2n) is 4.44. The number of nitrogens with zero attached hydrogens (tertiary/aromatic N) is 2. The lowest BCUT2D eigenvalue weighted by atomic mass is 10.2. The SMILES string of the molecule is CC(C)CNCc1ccccc1Sc1nncs1. The van der Waals surface area contributed by atoms with E-state index in [2.05, 4.69) is 53.6 Å². The fraction of sp³-hybridized carbons (Fsp3) is 0.385. The zero-order valence-corrected chi connectivity index (χ0v) is 12.2. The maximum Gasteiger partial charge on any atom is 0.178 e. The van der Waals surface area contributed by atoms with Crippen molar-refractivity contribution in [1.82, 2.24) is 15.5 Å². The third-order valence-electron chi connectivity index (χ3n) is 2.38. The molecule has 1 N–H and O–H groups in total. The summed E-state index contributed by atoms with van der Waals surface area (Å²) in [5.41, 5.74) is 3.08. The van der Waals surface area contributed by atoms with E-state index in [1.165, 1.54) is 10.5 Å². The van der Waals surface area contributed by atoms with Gasteiger partial charge in [-0.25, -0.2) is 0 Å². The van der Waals surface area contributed by atoms with Gasteiger partial charge >= 0.3 is 0 Å². The fourth-order valence-electron chi connectivity index (χ4n) is 1.55. The van der Waals surface area contributed by atoms with Crippen molar-refractivity contribution in [2.24, 2.45) is 5.92 Å². The van der Waals surface area contributed by atoms with Crippen LogP contribution in [-0.4, -0.2) is 16.7 Å². The van der Waals surface area contributed by atoms with E-state index >= 15 is 0 Å². The molecule has 0 amide bonds. The Morgan fingerprint density at radius 2 is 2.17 bits per heavy atom. The highest BCUT2D eigenvalue weighted by atomic mass is 32.2. The molecule has 96 valence electrons. The largest absolute Gasteiger partial charge is 0.312 e. The normalized spacial score (nSPS) is 11.1. The summed E-state index contributed by atoms with van der Waals surface area (Å²) in [6.45, 7) is 6.38. The van der Waals surface area contributed by atoms with Crippen LogP contribution in [0, 0.1) is 5.92 Å². The molecule has 1 heterocycles. The predicted octanol–water partition coefficient (Wildman–Crippen LogP) is 3.43. The molecule has 1 aromatic carbocycles. The molecule has 3 nitrogen and oxygen atoms in total. The molecule has 0 spiro atoms. The zero-order chi connectivity index (χ0) is 12.8. The summed E-state index contributed by atoms with van der Waals surface area (Å²) in [6, 6.07) is 8.45. The van der Waals surface area contributed by atoms with Gasteiger partial charge in [-0.15, -0.1) is 10.2 Å². The van der Waals surface area contributed by atoms with Crippen molar-refractivity contribution < 1.29 is 0 Å². The van der Waals surface area contributed by atoms with Gasteiger partial charge in [0.2, 0.25) is 0 Å². The maximum absolute atomic E-state index is 4.07. The standard InChI is InChI=1S/C13H17N3S2/c1-10(2)7-14-8-11-5-3-4-6-12(11)18-13-16-15-9-17-13/h3-6,9-10,14H,7-8H2,1-2H3. The molecular formula is C13H17N3S2. The van der Waals surface area contributed by atoms with Crippen LogP contribution in [0.5, 0.6) is 0 Å². The maximum atomic E-state index is 4.07. The second kappa shape index (κ2) is 6.87. The predicted molar refractivity (Wildman–Crippen MR) is 77.0 cm³/mol. The van der Waals surface area contributed by atoms with Crippen LogP contribution in [0.25, 0.3) is 0 Å². The lowest BCUT2D eigenvalue weighted by molar-refractivity contribution is 0.550. The highest BCUT2D eigenvalue weighted by Crippen LogP contribution is 2.30. The van der Waals surface area contributed by atoms with E-state index in [1.54, 1.807) is 28.6 Å². The Labute approximate surface area is 116 Å². The summed E-state index contributed by atoms with van der Waals surface area (Å²) in [7, 11) is 0. The minimum Gasteiger partial charge on any atom is -0.312 e. The lowest BCUT2D eigenvalue weighted by Gasteiger charge is -2.10. The zero-order valence-electron chi connectivity index (χ0n) is 10.6. The van der Waals surface area contributed by atoms with E-state index in [9.17, 15) is 0 Å². The van der Waals surface area contributed by atoms with Crippen LogP contribution >= 0.6 is 23.1 Å². The molecule has 0 aliphatic heterocycles. The average molecular weight is 279 g/mol. The van der Waals surface area contributed by atoms with Gasteiger partial charge in [-0.1, -0.05) is 55.1 Å². The van der Waals surface area contributed by atoms with Crippen LogP contribution in [-0.2, 0) is 6.54 Å². The fourth-order valence-corrected chi connectivity index (χ4v) is 3.11. The molecule has 5 heteroatoms. The molecule has 0 radical (unpaired) electrons. The summed E-state index contributed by atoms with van der Waals surface area (Å²) >= 11 is 3.26. The minimum atomic E-state index is 0.674. The minimum absolute atomic E-state index is 0.674. The quantitative estimate of drug-likeness (QED) is 0.879. The van der Waals surface area contributed by atoms with Crippen molar-refractivity contribution in [1.29, 1.82) is 0 Å². The highest BCUT2D eigenvalue weighted by Gasteiger charge is 2.06. The Balaban J connectivity index is 2.01. The van der Waals surface area contributed by atoms with Crippen molar-refractivity contribution in [2.45, 2.75) is 29.6 Å². The molecule has 0 saturated heterocycles. The van der Waals surface area contributed by atoms with Gasteiger partial charge in [0.25, 0.3) is 0 Å². The van der Waals surface area contributed by atoms with Crippen molar-refractivity contribution in [3.8, 4) is 0 Å². The van der Waals surface area contributed by atoms with Gasteiger partial charge in [0.1, 0.15) is 5.51 Å². The van der Waals surface area contributed by atoms with Crippen molar-refractivity contribution in [3.63, 3.8) is 0 Å². The average Bonchev–Trinajstić information content (AvgIpc) is 2.84. The number of hydrogen-bond donors (Lipinski definition) is 1. The van der Waals surface area contributed by atoms with Crippen molar-refractivity contribution >= 4 is 23.1 Å². The summed E-state index contributed by atoms with van der Waals surface area (Å²) in [6.07, 6.45) is 0. The molecule has 18 heavy (non-hydrogen) atoms. The van der Waals surface area contributed by atoms with E-state index in [0.717, 1.165) is 17.4 Å². The van der Waals surface area contributed by atoms with Crippen LogP contribution < -0.4 is 5.32 Å². The smallest absolute Gasteiger partial charge is 0.178 e. The van der Waals surface area contributed by atoms with Gasteiger partial charge in [0.05, 0.1) is 0 Å². The Hall–Kier alpha value is -0.910. The van der Waals surface area contributed by atoms with Crippen molar-refractivity contribution in [3.05, 3.63) is 35.3 Å². The van der Waals surface area contributed by atoms with Crippen LogP contribution in [0.15, 0.2) is 39.0 Å². The van der Waals surface area contributed by atoms with Crippen LogP contribution in [0.4, 0.5) is 0 Å². The van der Waals surface area contributed by atoms with E-state index in [4.69, 9.17) is 0 Å². The topological polar surface area (TPSA) is 37.8 Å². The first-order chi connectivity index (χ1) is 8.75. The van der Waals surface area contributed by atoms with Gasteiger partial charge in [0, 0.05) is 11.4 Å². The first-order valence-electron chi connectivity index (χ1n) is 5.98. The first kappa shape index (κ1) is 13.5. The van der Waals surface area contributed by atoms with Crippen LogP contribution in [0.1, 0.15) is 19.4 Å². The van der Waals surface area contributed by atoms with E-state index in [0.29, 0.717) is 5.92 Å². The summed E-state index contributed by atoms with van der Waals surface area (Å²) in [5, 5.41) is 11.4. The second-order valence-corrected chi connectivity index (χ2v) is 6.56. The highest BCUT2D eigenvalue weighted by molar-refractivity contribution is 8.01. The third kappa shape index (κ3) is 4.08. The molecule has 0 atom stereocenters. The Bertz CT molecular complexity index is 469. The lowest BCUT2D eigenvalue weighted by Crippen LogP contribution is -2.19. The van der Waals surface area contributed by atoms with Gasteiger partial charge in [-0.3, -0.25) is 0 Å². The van der Waals surface area contributed by atoms with Crippen LogP contribution in [0.3, 0.4) is 0 Å². The third-order valence-corrected chi connectivity index (χ3v) is 4.27. The van der Waals surface area contributed by atoms with Gasteiger partial charge < -0.3 is 5.32 Å². The molecule has 1 aromatic heterocycles. The van der Waals surface area contributed by atoms with E-state index in [-0.39, 0.29) is 0 Å². The van der Waals surface area contributed by atoms with E-state index < -0.39 is 0 Å². The number of nitrogens with one attached hydrogen (secondary N) is 1. The molecule has 2 aromatic rings. The van der Waals surface area contributed by atoms with E-state index in [1.807, 2.05) is 0 Å². The molecule has 0 bridgehead atoms. The number of benzene rings is 1. The summed E-state index contributed by atoms with van der Waals surface area (Å²) < 4.78 is 0.992. The molecular weight excluding hydrogens is 262 g/mol. The Morgan fingerprint density at radius 3 is 2.89 bits per heavy atom. The summed E-state index contributed by atoms with van der Waals surface area (Å²) in [5.74, 6) is 0.674. The Morgan fingerprint density at radius 1 is 1.33 bits per heavy atom. The van der Waals surface area contributed by atoms with Crippen LogP contribution in [0.2, 0.25) is 0 Å². The first-order valence-corrected chi connectivity index (χ1v) is 7.68. The Kier molecular flexibility index (Phi) is 5.16. The molecule has 0 unspecified atom stereocenters. The van der Waals surface area contributed by atoms with Crippen molar-refractivity contribution in [2.75, 3.05) is 6.54 Å². The summed E-state index contributed by atoms with van der Waals surface area (Å²) in [4.78, 5) is 1.26. The van der Waals surface area contributed by atoms with Gasteiger partial charge in [-0.2, -0.15) is 0 Å². The van der Waals surface area contributed by atoms with Gasteiger partial charge in [0.15, 0.2) is 4.34 Å². The number of aromatic nitrogens is 2. The molecule has 0 fully saturated rings. The molecule has 0 aliphatic carbocycles.